The third-order valence-corrected chi connectivity index (χ3v) is 2.28. The van der Waals surface area contributed by atoms with Crippen molar-refractivity contribution < 1.29 is 9.42 Å². The van der Waals surface area contributed by atoms with Gasteiger partial charge in [0, 0.05) is 5.70 Å². The number of hydrazine groups is 1. The molecule has 1 heterocycles. The van der Waals surface area contributed by atoms with Crippen LogP contribution in [0.2, 0.25) is 0 Å². The van der Waals surface area contributed by atoms with E-state index in [-0.39, 0.29) is 11.5 Å². The lowest BCUT2D eigenvalue weighted by Gasteiger charge is -2.07. The summed E-state index contributed by atoms with van der Waals surface area (Å²) >= 11 is 0. The highest BCUT2D eigenvalue weighted by molar-refractivity contribution is 5.95. The number of hydrogen-bond acceptors (Lipinski definition) is 6. The normalized spacial score (nSPS) is 11.1. The smallest absolute Gasteiger partial charge is 0.295 e. The fourth-order valence-electron chi connectivity index (χ4n) is 1.40. The van der Waals surface area contributed by atoms with Crippen LogP contribution in [0.5, 0.6) is 0 Å². The van der Waals surface area contributed by atoms with Gasteiger partial charge in [0.25, 0.3) is 5.91 Å². The first-order valence-electron chi connectivity index (χ1n) is 5.54. The molecule has 0 aliphatic rings. The van der Waals surface area contributed by atoms with Crippen molar-refractivity contribution in [2.75, 3.05) is 5.73 Å². The zero-order chi connectivity index (χ0) is 13.7. The number of amides is 1. The van der Waals surface area contributed by atoms with E-state index < -0.39 is 5.91 Å². The van der Waals surface area contributed by atoms with Gasteiger partial charge in [-0.3, -0.25) is 10.2 Å². The highest BCUT2D eigenvalue weighted by atomic mass is 16.6. The second-order valence-corrected chi connectivity index (χ2v) is 3.82. The number of carbonyl (C=O) groups is 1. The summed E-state index contributed by atoms with van der Waals surface area (Å²) in [4.78, 5) is 11.6. The molecule has 2 aromatic rings. The molecule has 19 heavy (non-hydrogen) atoms. The average molecular weight is 259 g/mol. The Morgan fingerprint density at radius 1 is 1.26 bits per heavy atom. The number of hydrogen-bond donors (Lipinski definition) is 3. The van der Waals surface area contributed by atoms with Crippen molar-refractivity contribution in [1.82, 2.24) is 21.2 Å². The standard InChI is InChI=1S/C12H13N5O2/c1-8(7-9-5-3-2-4-6-9)14-15-12(18)10-11(13)17-19-16-10/h2-7,14H,1H3,(H2,13,17)(H,15,18)/b8-7-. The van der Waals surface area contributed by atoms with E-state index in [4.69, 9.17) is 5.73 Å². The van der Waals surface area contributed by atoms with Crippen molar-refractivity contribution >= 4 is 17.8 Å². The number of benzene rings is 1. The molecule has 0 atom stereocenters. The summed E-state index contributed by atoms with van der Waals surface area (Å²) in [5, 5.41) is 6.72. The molecule has 98 valence electrons. The molecule has 2 rings (SSSR count). The first-order valence-corrected chi connectivity index (χ1v) is 5.54. The van der Waals surface area contributed by atoms with Crippen LogP contribution in [0.25, 0.3) is 6.08 Å². The van der Waals surface area contributed by atoms with Crippen molar-refractivity contribution in [3.63, 3.8) is 0 Å². The Hall–Kier alpha value is -2.83. The SMILES string of the molecule is C/C(=C/c1ccccc1)NNC(=O)c1nonc1N. The number of nitrogens with one attached hydrogen (secondary N) is 2. The molecule has 0 fully saturated rings. The Labute approximate surface area is 109 Å². The van der Waals surface area contributed by atoms with Gasteiger partial charge in [0.05, 0.1) is 0 Å². The lowest BCUT2D eigenvalue weighted by molar-refractivity contribution is 0.0929. The molecule has 0 saturated carbocycles. The lowest BCUT2D eigenvalue weighted by Crippen LogP contribution is -2.36. The monoisotopic (exact) mass is 259 g/mol. The maximum Gasteiger partial charge on any atom is 0.295 e. The molecule has 0 spiro atoms. The maximum absolute atomic E-state index is 11.6. The molecule has 0 radical (unpaired) electrons. The largest absolute Gasteiger partial charge is 0.379 e. The molecule has 1 aromatic heterocycles. The molecular weight excluding hydrogens is 246 g/mol. The van der Waals surface area contributed by atoms with Crippen LogP contribution >= 0.6 is 0 Å². The quantitative estimate of drug-likeness (QED) is 0.706. The average Bonchev–Trinajstić information content (AvgIpc) is 2.83. The van der Waals surface area contributed by atoms with E-state index in [2.05, 4.69) is 25.8 Å². The number of allylic oxidation sites excluding steroid dienone is 1. The van der Waals surface area contributed by atoms with Crippen LogP contribution in [0, 0.1) is 0 Å². The summed E-state index contributed by atoms with van der Waals surface area (Å²) in [7, 11) is 0. The van der Waals surface area contributed by atoms with Gasteiger partial charge in [-0.25, -0.2) is 4.63 Å². The fraction of sp³-hybridized carbons (Fsp3) is 0.0833. The van der Waals surface area contributed by atoms with Crippen LogP contribution in [-0.4, -0.2) is 16.2 Å². The molecule has 4 N–H and O–H groups in total. The van der Waals surface area contributed by atoms with Gasteiger partial charge in [-0.2, -0.15) is 0 Å². The topological polar surface area (TPSA) is 106 Å². The second-order valence-electron chi connectivity index (χ2n) is 3.82. The number of nitrogens with two attached hydrogens (primary N) is 1. The summed E-state index contributed by atoms with van der Waals surface area (Å²) in [6.45, 7) is 1.82. The van der Waals surface area contributed by atoms with Gasteiger partial charge >= 0.3 is 0 Å². The van der Waals surface area contributed by atoms with E-state index in [1.807, 2.05) is 43.3 Å². The van der Waals surface area contributed by atoms with Crippen molar-refractivity contribution in [3.8, 4) is 0 Å². The zero-order valence-electron chi connectivity index (χ0n) is 10.3. The minimum absolute atomic E-state index is 0.0519. The first-order chi connectivity index (χ1) is 9.16. The maximum atomic E-state index is 11.6. The number of nitrogens with zero attached hydrogens (tertiary/aromatic N) is 2. The molecule has 0 aliphatic heterocycles. The van der Waals surface area contributed by atoms with Gasteiger partial charge in [0.15, 0.2) is 0 Å². The molecule has 0 unspecified atom stereocenters. The van der Waals surface area contributed by atoms with Gasteiger partial charge in [-0.1, -0.05) is 30.3 Å². The van der Waals surface area contributed by atoms with Gasteiger partial charge in [-0.15, -0.1) is 0 Å². The van der Waals surface area contributed by atoms with Crippen molar-refractivity contribution in [2.45, 2.75) is 6.92 Å². The molecule has 0 aliphatic carbocycles. The van der Waals surface area contributed by atoms with Crippen LogP contribution in [-0.2, 0) is 0 Å². The molecular formula is C12H13N5O2. The van der Waals surface area contributed by atoms with E-state index >= 15 is 0 Å². The van der Waals surface area contributed by atoms with Gasteiger partial charge in [-0.05, 0) is 28.9 Å². The Morgan fingerprint density at radius 3 is 2.63 bits per heavy atom. The molecule has 0 saturated heterocycles. The Bertz CT molecular complexity index is 591. The number of aromatic nitrogens is 2. The van der Waals surface area contributed by atoms with E-state index in [1.54, 1.807) is 0 Å². The predicted molar refractivity (Wildman–Crippen MR) is 69.4 cm³/mol. The van der Waals surface area contributed by atoms with E-state index in [0.29, 0.717) is 0 Å². The van der Waals surface area contributed by atoms with Gasteiger partial charge < -0.3 is 11.2 Å². The number of anilines is 1. The molecule has 7 nitrogen and oxygen atoms in total. The fourth-order valence-corrected chi connectivity index (χ4v) is 1.40. The minimum atomic E-state index is -0.514. The summed E-state index contributed by atoms with van der Waals surface area (Å²) in [5.74, 6) is -0.566. The van der Waals surface area contributed by atoms with Crippen LogP contribution < -0.4 is 16.6 Å². The third kappa shape index (κ3) is 3.32. The van der Waals surface area contributed by atoms with Crippen molar-refractivity contribution in [3.05, 3.63) is 47.3 Å². The second kappa shape index (κ2) is 5.67. The van der Waals surface area contributed by atoms with E-state index in [1.165, 1.54) is 0 Å². The highest BCUT2D eigenvalue weighted by Gasteiger charge is 2.15. The van der Waals surface area contributed by atoms with Gasteiger partial charge in [0.1, 0.15) is 0 Å². The zero-order valence-corrected chi connectivity index (χ0v) is 10.3. The van der Waals surface area contributed by atoms with Crippen LogP contribution in [0.3, 0.4) is 0 Å². The Kier molecular flexibility index (Phi) is 3.77. The molecule has 7 heteroatoms. The summed E-state index contributed by atoms with van der Waals surface area (Å²) in [6, 6.07) is 9.69. The molecule has 1 amide bonds. The summed E-state index contributed by atoms with van der Waals surface area (Å²) < 4.78 is 4.34. The molecule has 1 aromatic carbocycles. The number of rotatable bonds is 4. The van der Waals surface area contributed by atoms with E-state index in [9.17, 15) is 4.79 Å². The van der Waals surface area contributed by atoms with Gasteiger partial charge in [0.2, 0.25) is 11.5 Å². The summed E-state index contributed by atoms with van der Waals surface area (Å²) in [5.41, 5.74) is 12.3. The van der Waals surface area contributed by atoms with E-state index in [0.717, 1.165) is 11.3 Å². The van der Waals surface area contributed by atoms with Crippen LogP contribution in [0.15, 0.2) is 40.7 Å². The predicted octanol–water partition coefficient (Wildman–Crippen LogP) is 0.947. The van der Waals surface area contributed by atoms with Crippen LogP contribution in [0.4, 0.5) is 5.82 Å². The third-order valence-electron chi connectivity index (χ3n) is 2.28. The van der Waals surface area contributed by atoms with Crippen molar-refractivity contribution in [2.24, 2.45) is 0 Å². The minimum Gasteiger partial charge on any atom is -0.379 e. The highest BCUT2D eigenvalue weighted by Crippen LogP contribution is 2.05. The first kappa shape index (κ1) is 12.6. The van der Waals surface area contributed by atoms with Crippen molar-refractivity contribution in [1.29, 1.82) is 0 Å². The lowest BCUT2D eigenvalue weighted by atomic mass is 10.2. The molecule has 0 bridgehead atoms. The van der Waals surface area contributed by atoms with Crippen LogP contribution in [0.1, 0.15) is 23.0 Å². The Morgan fingerprint density at radius 2 is 2.00 bits per heavy atom. The number of nitrogen functional groups attached to an aromatic ring is 1. The number of carbonyl (C=O) groups excluding carboxylic acids is 1. The Balaban J connectivity index is 1.94. The summed E-state index contributed by atoms with van der Waals surface area (Å²) in [6.07, 6.45) is 1.88.